The minimum atomic E-state index is -1.54. The van der Waals surface area contributed by atoms with Gasteiger partial charge in [-0.25, -0.2) is 26.3 Å². The fraction of sp³-hybridized carbons (Fsp3) is 0.154. The topological polar surface area (TPSA) is 0 Å². The lowest BCUT2D eigenvalue weighted by Gasteiger charge is -2.11. The molecule has 0 aliphatic rings. The zero-order valence-corrected chi connectivity index (χ0v) is 17.1. The summed E-state index contributed by atoms with van der Waals surface area (Å²) in [5.74, 6) is -6.02. The van der Waals surface area contributed by atoms with Gasteiger partial charge in [0, 0.05) is 5.39 Å². The molecular formula is C26H18F6. The highest BCUT2D eigenvalue weighted by Gasteiger charge is 2.16. The summed E-state index contributed by atoms with van der Waals surface area (Å²) in [6, 6.07) is 11.9. The fourth-order valence-corrected chi connectivity index (χ4v) is 3.82. The van der Waals surface area contributed by atoms with E-state index in [-0.39, 0.29) is 29.4 Å². The Bertz CT molecular complexity index is 1280. The smallest absolute Gasteiger partial charge is 0.194 e. The van der Waals surface area contributed by atoms with Crippen molar-refractivity contribution in [2.75, 3.05) is 0 Å². The normalized spacial score (nSPS) is 11.3. The molecule has 0 N–H and O–H groups in total. The van der Waals surface area contributed by atoms with Crippen molar-refractivity contribution in [2.24, 2.45) is 0 Å². The first-order valence-corrected chi connectivity index (χ1v) is 10.1. The zero-order valence-electron chi connectivity index (χ0n) is 17.1. The maximum Gasteiger partial charge on any atom is 0.194 e. The Labute approximate surface area is 181 Å². The summed E-state index contributed by atoms with van der Waals surface area (Å²) in [6.07, 6.45) is 0.738. The molecular weight excluding hydrogens is 426 g/mol. The van der Waals surface area contributed by atoms with Gasteiger partial charge in [0.05, 0.1) is 5.56 Å². The number of rotatable bonds is 5. The molecule has 0 heterocycles. The van der Waals surface area contributed by atoms with Gasteiger partial charge in [0.1, 0.15) is 17.5 Å². The highest BCUT2D eigenvalue weighted by molar-refractivity contribution is 5.88. The first kappa shape index (κ1) is 21.9. The lowest BCUT2D eigenvalue weighted by molar-refractivity contribution is 0.445. The molecule has 164 valence electrons. The van der Waals surface area contributed by atoms with E-state index < -0.39 is 34.9 Å². The van der Waals surface area contributed by atoms with Gasteiger partial charge >= 0.3 is 0 Å². The highest BCUT2D eigenvalue weighted by atomic mass is 19.2. The molecule has 0 aliphatic heterocycles. The molecule has 0 spiro atoms. The van der Waals surface area contributed by atoms with Crippen LogP contribution in [0.5, 0.6) is 0 Å². The van der Waals surface area contributed by atoms with Crippen molar-refractivity contribution in [3.8, 4) is 11.1 Å². The molecule has 0 radical (unpaired) electrons. The van der Waals surface area contributed by atoms with Gasteiger partial charge < -0.3 is 0 Å². The van der Waals surface area contributed by atoms with Crippen LogP contribution in [0.25, 0.3) is 21.9 Å². The third kappa shape index (κ3) is 4.09. The molecule has 32 heavy (non-hydrogen) atoms. The maximum atomic E-state index is 15.0. The molecule has 0 nitrogen and oxygen atoms in total. The van der Waals surface area contributed by atoms with Crippen molar-refractivity contribution in [3.05, 3.63) is 106 Å². The molecule has 0 aliphatic carbocycles. The van der Waals surface area contributed by atoms with Crippen molar-refractivity contribution in [1.29, 1.82) is 0 Å². The van der Waals surface area contributed by atoms with E-state index in [1.54, 1.807) is 13.0 Å². The van der Waals surface area contributed by atoms with E-state index in [1.807, 2.05) is 0 Å². The van der Waals surface area contributed by atoms with E-state index in [1.165, 1.54) is 36.4 Å². The van der Waals surface area contributed by atoms with Gasteiger partial charge in [-0.1, -0.05) is 31.2 Å². The third-order valence-corrected chi connectivity index (χ3v) is 5.56. The minimum Gasteiger partial charge on any atom is -0.206 e. The van der Waals surface area contributed by atoms with E-state index in [0.29, 0.717) is 28.5 Å². The van der Waals surface area contributed by atoms with E-state index in [4.69, 9.17) is 0 Å². The van der Waals surface area contributed by atoms with Crippen LogP contribution >= 0.6 is 0 Å². The van der Waals surface area contributed by atoms with E-state index >= 15 is 4.39 Å². The van der Waals surface area contributed by atoms with Crippen LogP contribution in [0.1, 0.15) is 23.6 Å². The summed E-state index contributed by atoms with van der Waals surface area (Å²) in [5.41, 5.74) is 1.17. The summed E-state index contributed by atoms with van der Waals surface area (Å²) in [6.45, 7) is 1.80. The predicted octanol–water partition coefficient (Wildman–Crippen LogP) is 7.69. The number of halogens is 6. The second-order valence-corrected chi connectivity index (χ2v) is 7.64. The molecule has 0 amide bonds. The van der Waals surface area contributed by atoms with Crippen LogP contribution in [0.15, 0.2) is 54.6 Å². The van der Waals surface area contributed by atoms with Gasteiger partial charge in [-0.3, -0.25) is 0 Å². The van der Waals surface area contributed by atoms with Gasteiger partial charge in [0.25, 0.3) is 0 Å². The monoisotopic (exact) mass is 444 g/mol. The van der Waals surface area contributed by atoms with Crippen LogP contribution in [0.2, 0.25) is 0 Å². The molecule has 0 bridgehead atoms. The predicted molar refractivity (Wildman–Crippen MR) is 112 cm³/mol. The number of fused-ring (bicyclic) bond motifs is 1. The number of hydrogen-bond acceptors (Lipinski definition) is 0. The van der Waals surface area contributed by atoms with Crippen LogP contribution in [0.3, 0.4) is 0 Å². The Morgan fingerprint density at radius 2 is 1.22 bits per heavy atom. The maximum absolute atomic E-state index is 15.0. The molecule has 4 aromatic rings. The standard InChI is InChI=1S/C26H18F6/c1-2-14-9-20(27)24(21(28)10-14)18-7-8-19-17(13-18)6-5-16(25(19)31)4-3-15-11-22(29)26(32)23(30)12-15/h5-13H,2-4H2,1H3. The van der Waals surface area contributed by atoms with Crippen LogP contribution in [-0.4, -0.2) is 0 Å². The average molecular weight is 444 g/mol. The lowest BCUT2D eigenvalue weighted by Crippen LogP contribution is -1.99. The quantitative estimate of drug-likeness (QED) is 0.219. The number of hydrogen-bond donors (Lipinski definition) is 0. The summed E-state index contributed by atoms with van der Waals surface area (Å²) in [5, 5.41) is 0.717. The van der Waals surface area contributed by atoms with Gasteiger partial charge in [0.2, 0.25) is 0 Å². The molecule has 0 saturated heterocycles. The van der Waals surface area contributed by atoms with Crippen molar-refractivity contribution >= 4 is 10.8 Å². The Kier molecular flexibility index (Phi) is 5.96. The lowest BCUT2D eigenvalue weighted by atomic mass is 9.96. The van der Waals surface area contributed by atoms with Gasteiger partial charge in [-0.15, -0.1) is 0 Å². The summed E-state index contributed by atoms with van der Waals surface area (Å²) in [7, 11) is 0. The summed E-state index contributed by atoms with van der Waals surface area (Å²) in [4.78, 5) is 0. The summed E-state index contributed by atoms with van der Waals surface area (Å²) < 4.78 is 83.9. The Hall–Kier alpha value is -3.28. The van der Waals surface area contributed by atoms with E-state index in [0.717, 1.165) is 12.1 Å². The molecule has 0 unspecified atom stereocenters. The number of aryl methyl sites for hydroxylation is 3. The third-order valence-electron chi connectivity index (χ3n) is 5.56. The first-order valence-electron chi connectivity index (χ1n) is 10.1. The number of benzene rings is 4. The van der Waals surface area contributed by atoms with Gasteiger partial charge in [0.15, 0.2) is 17.5 Å². The molecule has 0 atom stereocenters. The Morgan fingerprint density at radius 3 is 1.84 bits per heavy atom. The molecule has 4 rings (SSSR count). The minimum absolute atomic E-state index is 0.106. The molecule has 4 aromatic carbocycles. The van der Waals surface area contributed by atoms with Crippen LogP contribution in [0.4, 0.5) is 26.3 Å². The van der Waals surface area contributed by atoms with Crippen LogP contribution in [-0.2, 0) is 19.3 Å². The summed E-state index contributed by atoms with van der Waals surface area (Å²) >= 11 is 0. The molecule has 0 saturated carbocycles. The van der Waals surface area contributed by atoms with Crippen molar-refractivity contribution in [3.63, 3.8) is 0 Å². The second kappa shape index (κ2) is 8.69. The average Bonchev–Trinajstić information content (AvgIpc) is 2.76. The highest BCUT2D eigenvalue weighted by Crippen LogP contribution is 2.32. The molecule has 0 fully saturated rings. The first-order chi connectivity index (χ1) is 15.3. The van der Waals surface area contributed by atoms with E-state index in [2.05, 4.69) is 0 Å². The van der Waals surface area contributed by atoms with E-state index in [9.17, 15) is 22.0 Å². The largest absolute Gasteiger partial charge is 0.206 e. The van der Waals surface area contributed by atoms with Crippen molar-refractivity contribution < 1.29 is 26.3 Å². The van der Waals surface area contributed by atoms with Gasteiger partial charge in [-0.05, 0) is 77.2 Å². The Balaban J connectivity index is 1.65. The van der Waals surface area contributed by atoms with Crippen LogP contribution in [0, 0.1) is 34.9 Å². The Morgan fingerprint density at radius 1 is 0.594 bits per heavy atom. The van der Waals surface area contributed by atoms with Crippen LogP contribution < -0.4 is 0 Å². The second-order valence-electron chi connectivity index (χ2n) is 7.64. The van der Waals surface area contributed by atoms with Crippen molar-refractivity contribution in [1.82, 2.24) is 0 Å². The molecule has 6 heteroatoms. The zero-order chi connectivity index (χ0) is 23.0. The fourth-order valence-electron chi connectivity index (χ4n) is 3.82. The molecule has 0 aromatic heterocycles. The van der Waals surface area contributed by atoms with Crippen molar-refractivity contribution in [2.45, 2.75) is 26.2 Å². The SMILES string of the molecule is CCc1cc(F)c(-c2ccc3c(F)c(CCc4cc(F)c(F)c(F)c4)ccc3c2)c(F)c1. The van der Waals surface area contributed by atoms with Gasteiger partial charge in [-0.2, -0.15) is 0 Å².